The summed E-state index contributed by atoms with van der Waals surface area (Å²) in [6, 6.07) is -2.15. The second-order valence-electron chi connectivity index (χ2n) is 4.98. The van der Waals surface area contributed by atoms with Crippen LogP contribution in [-0.4, -0.2) is 34.0 Å². The summed E-state index contributed by atoms with van der Waals surface area (Å²) in [7, 11) is 0. The van der Waals surface area contributed by atoms with Crippen molar-refractivity contribution in [2.45, 2.75) is 25.3 Å². The van der Waals surface area contributed by atoms with Crippen molar-refractivity contribution in [1.82, 2.24) is 4.90 Å². The van der Waals surface area contributed by atoms with Gasteiger partial charge in [-0.1, -0.05) is 23.8 Å². The lowest BCUT2D eigenvalue weighted by atomic mass is 9.81. The Hall–Kier alpha value is -1.82. The molecule has 0 saturated carbocycles. The number of carboxylic acids is 1. The summed E-state index contributed by atoms with van der Waals surface area (Å²) in [4.78, 5) is 34.5. The van der Waals surface area contributed by atoms with Gasteiger partial charge in [0.25, 0.3) is 0 Å². The van der Waals surface area contributed by atoms with Gasteiger partial charge in [-0.2, -0.15) is 0 Å². The lowest BCUT2D eigenvalue weighted by Crippen LogP contribution is -2.67. The molecule has 1 fully saturated rings. The topological polar surface area (TPSA) is 101 Å². The standard InChI is InChI=1S/C13H15ClN2O4/c14-8-3-1-2-7(6-8)4-5-9-10(12(18)19)16(11(9)17)13(15)20/h1-3,7,9-10H,4-6H2,(H2,15,20)(H,18,19). The van der Waals surface area contributed by atoms with Crippen LogP contribution < -0.4 is 5.73 Å². The predicted molar refractivity (Wildman–Crippen MR) is 71.8 cm³/mol. The van der Waals surface area contributed by atoms with Crippen LogP contribution in [0.1, 0.15) is 19.3 Å². The number of allylic oxidation sites excluding steroid dienone is 4. The number of rotatable bonds is 4. The van der Waals surface area contributed by atoms with Gasteiger partial charge in [0.2, 0.25) is 5.91 Å². The van der Waals surface area contributed by atoms with Crippen molar-refractivity contribution < 1.29 is 19.5 Å². The maximum absolute atomic E-state index is 11.8. The number of aliphatic carboxylic acids is 1. The van der Waals surface area contributed by atoms with Gasteiger partial charge in [0.1, 0.15) is 0 Å². The van der Waals surface area contributed by atoms with Crippen LogP contribution in [0, 0.1) is 11.8 Å². The van der Waals surface area contributed by atoms with Gasteiger partial charge in [0.05, 0.1) is 5.92 Å². The van der Waals surface area contributed by atoms with E-state index in [1.165, 1.54) is 0 Å². The summed E-state index contributed by atoms with van der Waals surface area (Å²) in [6.45, 7) is 0. The van der Waals surface area contributed by atoms with Crippen LogP contribution in [0.2, 0.25) is 0 Å². The molecule has 7 heteroatoms. The number of primary amides is 1. The van der Waals surface area contributed by atoms with Gasteiger partial charge < -0.3 is 10.8 Å². The number of imide groups is 1. The highest BCUT2D eigenvalue weighted by atomic mass is 35.5. The minimum atomic E-state index is -1.20. The number of likely N-dealkylation sites (tertiary alicyclic amines) is 1. The molecule has 0 aromatic heterocycles. The Bertz CT molecular complexity index is 515. The van der Waals surface area contributed by atoms with Crippen LogP contribution >= 0.6 is 11.6 Å². The normalized spacial score (nSPS) is 28.9. The number of urea groups is 1. The van der Waals surface area contributed by atoms with Gasteiger partial charge >= 0.3 is 12.0 Å². The lowest BCUT2D eigenvalue weighted by molar-refractivity contribution is -0.166. The van der Waals surface area contributed by atoms with E-state index in [1.54, 1.807) is 6.08 Å². The van der Waals surface area contributed by atoms with Gasteiger partial charge in [-0.25, -0.2) is 14.5 Å². The van der Waals surface area contributed by atoms with E-state index in [1.807, 2.05) is 12.2 Å². The number of halogens is 1. The first kappa shape index (κ1) is 14.6. The first-order chi connectivity index (χ1) is 9.41. The second kappa shape index (κ2) is 5.66. The molecule has 0 spiro atoms. The zero-order valence-electron chi connectivity index (χ0n) is 10.7. The Morgan fingerprint density at radius 1 is 1.45 bits per heavy atom. The molecule has 3 N–H and O–H groups in total. The zero-order chi connectivity index (χ0) is 14.9. The third kappa shape index (κ3) is 2.70. The van der Waals surface area contributed by atoms with E-state index in [4.69, 9.17) is 22.4 Å². The molecule has 2 rings (SSSR count). The number of amides is 3. The number of nitrogens with zero attached hydrogens (tertiary/aromatic N) is 1. The van der Waals surface area contributed by atoms with Gasteiger partial charge in [-0.05, 0) is 31.3 Å². The Kier molecular flexibility index (Phi) is 4.13. The first-order valence-electron chi connectivity index (χ1n) is 6.30. The molecule has 2 aliphatic rings. The molecular weight excluding hydrogens is 284 g/mol. The molecule has 1 saturated heterocycles. The molecule has 6 nitrogen and oxygen atoms in total. The van der Waals surface area contributed by atoms with Gasteiger partial charge in [-0.15, -0.1) is 0 Å². The molecule has 0 radical (unpaired) electrons. The second-order valence-corrected chi connectivity index (χ2v) is 5.46. The minimum absolute atomic E-state index is 0.192. The number of hydrogen-bond donors (Lipinski definition) is 2. The highest BCUT2D eigenvalue weighted by Gasteiger charge is 2.53. The average Bonchev–Trinajstić information content (AvgIpc) is 2.35. The molecule has 3 amide bonds. The smallest absolute Gasteiger partial charge is 0.327 e. The van der Waals surface area contributed by atoms with Crippen molar-refractivity contribution in [2.24, 2.45) is 17.6 Å². The van der Waals surface area contributed by atoms with E-state index in [2.05, 4.69) is 0 Å². The lowest BCUT2D eigenvalue weighted by Gasteiger charge is -2.42. The summed E-state index contributed by atoms with van der Waals surface area (Å²) in [6.07, 6.45) is 7.38. The summed E-state index contributed by atoms with van der Waals surface area (Å²) in [5, 5.41) is 9.82. The number of nitrogens with two attached hydrogens (primary N) is 1. The molecule has 0 aromatic carbocycles. The molecular formula is C13H15ClN2O4. The molecule has 3 atom stereocenters. The first-order valence-corrected chi connectivity index (χ1v) is 6.67. The summed E-state index contributed by atoms with van der Waals surface area (Å²) in [5.74, 6) is -2.20. The molecule has 1 aliphatic heterocycles. The van der Waals surface area contributed by atoms with E-state index >= 15 is 0 Å². The Morgan fingerprint density at radius 3 is 2.70 bits per heavy atom. The SMILES string of the molecule is NC(=O)N1C(=O)C(CCC2C=CC=C(Cl)C2)C1C(=O)O. The molecule has 108 valence electrons. The highest BCUT2D eigenvalue weighted by molar-refractivity contribution is 6.29. The third-order valence-electron chi connectivity index (χ3n) is 3.67. The monoisotopic (exact) mass is 298 g/mol. The maximum Gasteiger partial charge on any atom is 0.327 e. The van der Waals surface area contributed by atoms with E-state index in [-0.39, 0.29) is 5.92 Å². The summed E-state index contributed by atoms with van der Waals surface area (Å²) in [5.41, 5.74) is 5.00. The highest BCUT2D eigenvalue weighted by Crippen LogP contribution is 2.34. The third-order valence-corrected chi connectivity index (χ3v) is 3.95. The van der Waals surface area contributed by atoms with Crippen LogP contribution in [0.25, 0.3) is 0 Å². The van der Waals surface area contributed by atoms with Crippen molar-refractivity contribution in [2.75, 3.05) is 0 Å². The van der Waals surface area contributed by atoms with Crippen molar-refractivity contribution in [3.63, 3.8) is 0 Å². The van der Waals surface area contributed by atoms with Crippen molar-refractivity contribution >= 4 is 29.5 Å². The van der Waals surface area contributed by atoms with Crippen LogP contribution in [0.15, 0.2) is 23.3 Å². The van der Waals surface area contributed by atoms with Crippen LogP contribution in [0.4, 0.5) is 4.79 Å². The van der Waals surface area contributed by atoms with Gasteiger partial charge in [0.15, 0.2) is 6.04 Å². The molecule has 0 aromatic rings. The number of carbonyl (C=O) groups excluding carboxylic acids is 2. The van der Waals surface area contributed by atoms with E-state index < -0.39 is 29.9 Å². The number of carbonyl (C=O) groups is 3. The fourth-order valence-corrected chi connectivity index (χ4v) is 2.92. The van der Waals surface area contributed by atoms with Crippen LogP contribution in [-0.2, 0) is 9.59 Å². The Morgan fingerprint density at radius 2 is 2.15 bits per heavy atom. The molecule has 1 heterocycles. The molecule has 20 heavy (non-hydrogen) atoms. The zero-order valence-corrected chi connectivity index (χ0v) is 11.4. The van der Waals surface area contributed by atoms with Crippen LogP contribution in [0.5, 0.6) is 0 Å². The van der Waals surface area contributed by atoms with Crippen LogP contribution in [0.3, 0.4) is 0 Å². The van der Waals surface area contributed by atoms with Gasteiger partial charge in [-0.3, -0.25) is 4.79 Å². The number of carboxylic acid groups (broad SMARTS) is 1. The number of hydrogen-bond acceptors (Lipinski definition) is 3. The Balaban J connectivity index is 1.94. The van der Waals surface area contributed by atoms with Crippen molar-refractivity contribution in [1.29, 1.82) is 0 Å². The van der Waals surface area contributed by atoms with E-state index in [9.17, 15) is 14.4 Å². The minimum Gasteiger partial charge on any atom is -0.480 e. The summed E-state index contributed by atoms with van der Waals surface area (Å²) >= 11 is 5.93. The van der Waals surface area contributed by atoms with Gasteiger partial charge in [0, 0.05) is 5.03 Å². The predicted octanol–water partition coefficient (Wildman–Crippen LogP) is 1.46. The van der Waals surface area contributed by atoms with Crippen molar-refractivity contribution in [3.8, 4) is 0 Å². The molecule has 1 aliphatic carbocycles. The maximum atomic E-state index is 11.8. The van der Waals surface area contributed by atoms with Crippen molar-refractivity contribution in [3.05, 3.63) is 23.3 Å². The molecule has 3 unspecified atom stereocenters. The number of β-lactam (4-membered cyclic amide) rings is 1. The largest absolute Gasteiger partial charge is 0.480 e. The average molecular weight is 299 g/mol. The Labute approximate surface area is 120 Å². The van der Waals surface area contributed by atoms with E-state index in [0.29, 0.717) is 24.2 Å². The molecule has 0 bridgehead atoms. The quantitative estimate of drug-likeness (QED) is 0.767. The van der Waals surface area contributed by atoms with E-state index in [0.717, 1.165) is 5.03 Å². The fraction of sp³-hybridized carbons (Fsp3) is 0.462. The fourth-order valence-electron chi connectivity index (χ4n) is 2.65. The summed E-state index contributed by atoms with van der Waals surface area (Å²) < 4.78 is 0.